The summed E-state index contributed by atoms with van der Waals surface area (Å²) in [5.74, 6) is 0.301. The van der Waals surface area contributed by atoms with Crippen LogP contribution in [-0.4, -0.2) is 29.8 Å². The minimum absolute atomic E-state index is 0.175. The number of ketones is 1. The zero-order valence-electron chi connectivity index (χ0n) is 9.97. The number of hydrogen-bond acceptors (Lipinski definition) is 2. The van der Waals surface area contributed by atoms with Gasteiger partial charge >= 0.3 is 0 Å². The lowest BCUT2D eigenvalue weighted by atomic mass is 9.87. The highest BCUT2D eigenvalue weighted by atomic mass is 16.1. The van der Waals surface area contributed by atoms with Crippen LogP contribution in [0.3, 0.4) is 0 Å². The van der Waals surface area contributed by atoms with E-state index in [9.17, 15) is 4.79 Å². The first-order valence-corrected chi connectivity index (χ1v) is 5.68. The zero-order chi connectivity index (χ0) is 10.8. The van der Waals surface area contributed by atoms with Gasteiger partial charge in [0.05, 0.1) is 0 Å². The van der Waals surface area contributed by atoms with E-state index in [1.54, 1.807) is 6.92 Å². The summed E-state index contributed by atoms with van der Waals surface area (Å²) >= 11 is 0. The Hall–Kier alpha value is -0.370. The van der Waals surface area contributed by atoms with E-state index in [1.165, 1.54) is 19.3 Å². The Kier molecular flexibility index (Phi) is 3.71. The minimum atomic E-state index is -0.175. The predicted octanol–water partition coefficient (Wildman–Crippen LogP) is 2.48. The number of hydrogen-bond donors (Lipinski definition) is 0. The van der Waals surface area contributed by atoms with Crippen molar-refractivity contribution in [2.75, 3.05) is 13.1 Å². The topological polar surface area (TPSA) is 20.3 Å². The van der Waals surface area contributed by atoms with E-state index in [1.807, 2.05) is 0 Å². The van der Waals surface area contributed by atoms with Gasteiger partial charge in [-0.3, -0.25) is 9.69 Å². The summed E-state index contributed by atoms with van der Waals surface area (Å²) in [6.45, 7) is 10.2. The molecule has 1 rings (SSSR count). The van der Waals surface area contributed by atoms with E-state index >= 15 is 0 Å². The number of Topliss-reactive ketones (excluding diaryl/α,β-unsaturated/α-hetero) is 1. The molecule has 0 aliphatic carbocycles. The summed E-state index contributed by atoms with van der Waals surface area (Å²) in [6, 6.07) is 0.655. The number of rotatable bonds is 3. The minimum Gasteiger partial charge on any atom is -0.300 e. The van der Waals surface area contributed by atoms with Crippen LogP contribution in [0.4, 0.5) is 0 Å². The average molecular weight is 197 g/mol. The Morgan fingerprint density at radius 1 is 1.43 bits per heavy atom. The van der Waals surface area contributed by atoms with Crippen LogP contribution in [0.15, 0.2) is 0 Å². The first-order chi connectivity index (χ1) is 6.43. The fourth-order valence-corrected chi connectivity index (χ4v) is 2.01. The second-order valence-corrected chi connectivity index (χ2v) is 5.26. The summed E-state index contributed by atoms with van der Waals surface area (Å²) in [7, 11) is 0. The molecule has 0 radical (unpaired) electrons. The van der Waals surface area contributed by atoms with Crippen molar-refractivity contribution in [2.45, 2.75) is 53.0 Å². The standard InChI is InChI=1S/C12H23NO/c1-10-7-5-6-8-13(10)9-12(3,4)11(2)14/h10H,5-9H2,1-4H3. The molecule has 0 spiro atoms. The molecule has 1 aliphatic heterocycles. The Bertz CT molecular complexity index is 210. The molecule has 14 heavy (non-hydrogen) atoms. The number of nitrogens with zero attached hydrogens (tertiary/aromatic N) is 1. The summed E-state index contributed by atoms with van der Waals surface area (Å²) in [5.41, 5.74) is -0.175. The summed E-state index contributed by atoms with van der Waals surface area (Å²) < 4.78 is 0. The van der Waals surface area contributed by atoms with Gasteiger partial charge in [0.15, 0.2) is 0 Å². The van der Waals surface area contributed by atoms with Crippen molar-refractivity contribution >= 4 is 5.78 Å². The molecule has 1 aliphatic rings. The first-order valence-electron chi connectivity index (χ1n) is 5.68. The lowest BCUT2D eigenvalue weighted by molar-refractivity contribution is -0.126. The highest BCUT2D eigenvalue weighted by Gasteiger charge is 2.29. The number of carbonyl (C=O) groups is 1. The van der Waals surface area contributed by atoms with Crippen LogP contribution in [0, 0.1) is 5.41 Å². The van der Waals surface area contributed by atoms with Gasteiger partial charge in [-0.05, 0) is 33.2 Å². The van der Waals surface area contributed by atoms with E-state index in [0.29, 0.717) is 11.8 Å². The maximum Gasteiger partial charge on any atom is 0.136 e. The number of likely N-dealkylation sites (tertiary alicyclic amines) is 1. The van der Waals surface area contributed by atoms with Crippen LogP contribution in [0.2, 0.25) is 0 Å². The normalized spacial score (nSPS) is 25.0. The largest absolute Gasteiger partial charge is 0.300 e. The summed E-state index contributed by atoms with van der Waals surface area (Å²) in [6.07, 6.45) is 3.92. The highest BCUT2D eigenvalue weighted by Crippen LogP contribution is 2.24. The lowest BCUT2D eigenvalue weighted by Gasteiger charge is -2.38. The van der Waals surface area contributed by atoms with Crippen LogP contribution < -0.4 is 0 Å². The molecule has 1 heterocycles. The maximum absolute atomic E-state index is 11.4. The van der Waals surface area contributed by atoms with Gasteiger partial charge in [-0.2, -0.15) is 0 Å². The Morgan fingerprint density at radius 3 is 2.57 bits per heavy atom. The molecule has 0 aromatic rings. The van der Waals surface area contributed by atoms with Gasteiger partial charge in [-0.15, -0.1) is 0 Å². The van der Waals surface area contributed by atoms with Gasteiger partial charge < -0.3 is 0 Å². The molecule has 82 valence electrons. The Morgan fingerprint density at radius 2 is 2.07 bits per heavy atom. The third-order valence-electron chi connectivity index (χ3n) is 3.49. The average Bonchev–Trinajstić information content (AvgIpc) is 2.08. The van der Waals surface area contributed by atoms with Crippen LogP contribution in [0.5, 0.6) is 0 Å². The van der Waals surface area contributed by atoms with Crippen molar-refractivity contribution in [3.8, 4) is 0 Å². The Labute approximate surface area is 87.7 Å². The fraction of sp³-hybridized carbons (Fsp3) is 0.917. The first kappa shape index (κ1) is 11.7. The fourth-order valence-electron chi connectivity index (χ4n) is 2.01. The molecule has 0 aromatic carbocycles. The van der Waals surface area contributed by atoms with Crippen molar-refractivity contribution in [1.82, 2.24) is 4.90 Å². The molecule has 0 saturated carbocycles. The maximum atomic E-state index is 11.4. The van der Waals surface area contributed by atoms with E-state index in [0.717, 1.165) is 13.1 Å². The van der Waals surface area contributed by atoms with E-state index < -0.39 is 0 Å². The summed E-state index contributed by atoms with van der Waals surface area (Å²) in [5, 5.41) is 0. The van der Waals surface area contributed by atoms with Gasteiger partial charge in [0.25, 0.3) is 0 Å². The van der Waals surface area contributed by atoms with E-state index in [4.69, 9.17) is 0 Å². The van der Waals surface area contributed by atoms with Crippen molar-refractivity contribution in [3.05, 3.63) is 0 Å². The number of piperidine rings is 1. The van der Waals surface area contributed by atoms with E-state index in [-0.39, 0.29) is 5.41 Å². The Balaban J connectivity index is 2.53. The highest BCUT2D eigenvalue weighted by molar-refractivity contribution is 5.81. The van der Waals surface area contributed by atoms with Gasteiger partial charge in [0.1, 0.15) is 5.78 Å². The van der Waals surface area contributed by atoms with Crippen molar-refractivity contribution in [2.24, 2.45) is 5.41 Å². The van der Waals surface area contributed by atoms with Gasteiger partial charge in [-0.25, -0.2) is 0 Å². The van der Waals surface area contributed by atoms with Crippen LogP contribution in [0.1, 0.15) is 47.0 Å². The second kappa shape index (κ2) is 4.43. The third kappa shape index (κ3) is 2.81. The molecule has 1 unspecified atom stereocenters. The molecule has 0 bridgehead atoms. The molecule has 0 aromatic heterocycles. The summed E-state index contributed by atoms with van der Waals surface area (Å²) in [4.78, 5) is 13.9. The monoisotopic (exact) mass is 197 g/mol. The second-order valence-electron chi connectivity index (χ2n) is 5.26. The van der Waals surface area contributed by atoms with Crippen molar-refractivity contribution < 1.29 is 4.79 Å². The zero-order valence-corrected chi connectivity index (χ0v) is 9.97. The molecular weight excluding hydrogens is 174 g/mol. The van der Waals surface area contributed by atoms with Gasteiger partial charge in [0, 0.05) is 18.0 Å². The van der Waals surface area contributed by atoms with Crippen molar-refractivity contribution in [1.29, 1.82) is 0 Å². The third-order valence-corrected chi connectivity index (χ3v) is 3.49. The lowest BCUT2D eigenvalue weighted by Crippen LogP contribution is -2.45. The molecule has 1 atom stereocenters. The molecule has 0 N–H and O–H groups in total. The number of carbonyl (C=O) groups excluding carboxylic acids is 1. The molecular formula is C12H23NO. The van der Waals surface area contributed by atoms with Crippen molar-refractivity contribution in [3.63, 3.8) is 0 Å². The van der Waals surface area contributed by atoms with Crippen LogP contribution in [0.25, 0.3) is 0 Å². The molecule has 2 nitrogen and oxygen atoms in total. The molecule has 1 fully saturated rings. The van der Waals surface area contributed by atoms with Gasteiger partial charge in [-0.1, -0.05) is 20.3 Å². The van der Waals surface area contributed by atoms with Gasteiger partial charge in [0.2, 0.25) is 0 Å². The van der Waals surface area contributed by atoms with E-state index in [2.05, 4.69) is 25.7 Å². The quantitative estimate of drug-likeness (QED) is 0.692. The van der Waals surface area contributed by atoms with Crippen LogP contribution in [-0.2, 0) is 4.79 Å². The van der Waals surface area contributed by atoms with Crippen LogP contribution >= 0.6 is 0 Å². The molecule has 2 heteroatoms. The molecule has 1 saturated heterocycles. The molecule has 0 amide bonds. The SMILES string of the molecule is CC(=O)C(C)(C)CN1CCCCC1C. The predicted molar refractivity (Wildman–Crippen MR) is 59.3 cm³/mol. The smallest absolute Gasteiger partial charge is 0.136 e.